The molecule has 0 saturated carbocycles. The van der Waals surface area contributed by atoms with Gasteiger partial charge in [0.2, 0.25) is 0 Å². The summed E-state index contributed by atoms with van der Waals surface area (Å²) in [6.45, 7) is 8.07. The smallest absolute Gasteiger partial charge is 0.320 e. The summed E-state index contributed by atoms with van der Waals surface area (Å²) in [5.41, 5.74) is 2.34. The fourth-order valence-electron chi connectivity index (χ4n) is 2.02. The van der Waals surface area contributed by atoms with Crippen LogP contribution in [-0.4, -0.2) is 31.2 Å². The molecule has 1 N–H and O–H groups in total. The molecule has 0 radical (unpaired) electrons. The molecule has 1 aromatic rings. The molecule has 1 rings (SSSR count). The molecule has 1 aromatic carbocycles. The molecule has 0 saturated heterocycles. The highest BCUT2D eigenvalue weighted by Crippen LogP contribution is 2.21. The van der Waals surface area contributed by atoms with Crippen molar-refractivity contribution in [2.24, 2.45) is 0 Å². The number of rotatable bonds is 6. The summed E-state index contributed by atoms with van der Waals surface area (Å²) < 4.78 is 9.93. The van der Waals surface area contributed by atoms with Gasteiger partial charge in [-0.3, -0.25) is 9.59 Å². The van der Waals surface area contributed by atoms with E-state index in [0.717, 1.165) is 21.6 Å². The molecular weight excluding hydrogens is 314 g/mol. The Morgan fingerprint density at radius 2 is 1.87 bits per heavy atom. The Hall–Kier alpha value is -1.53. The van der Waals surface area contributed by atoms with E-state index in [0.29, 0.717) is 6.54 Å². The maximum Gasteiger partial charge on any atom is 0.320 e. The summed E-state index contributed by atoms with van der Waals surface area (Å²) >= 11 is 4.44. The Labute approximate surface area is 143 Å². The first kappa shape index (κ1) is 19.5. The second-order valence-corrected chi connectivity index (χ2v) is 6.82. The largest absolute Gasteiger partial charge is 0.469 e. The van der Waals surface area contributed by atoms with Gasteiger partial charge >= 0.3 is 11.9 Å². The minimum atomic E-state index is -0.493. The average molecular weight is 339 g/mol. The topological polar surface area (TPSA) is 64.6 Å². The van der Waals surface area contributed by atoms with Crippen molar-refractivity contribution in [2.75, 3.05) is 13.7 Å². The van der Waals surface area contributed by atoms with Crippen molar-refractivity contribution >= 4 is 24.6 Å². The number of hydrogen-bond acceptors (Lipinski definition) is 6. The van der Waals surface area contributed by atoms with Crippen LogP contribution in [0.2, 0.25) is 0 Å². The van der Waals surface area contributed by atoms with Crippen LogP contribution in [0, 0.1) is 6.92 Å². The zero-order valence-corrected chi connectivity index (χ0v) is 15.3. The average Bonchev–Trinajstić information content (AvgIpc) is 2.41. The van der Waals surface area contributed by atoms with E-state index in [1.54, 1.807) is 0 Å². The number of methoxy groups -OCH3 is 1. The van der Waals surface area contributed by atoms with Crippen molar-refractivity contribution in [1.82, 2.24) is 5.32 Å². The van der Waals surface area contributed by atoms with Crippen molar-refractivity contribution in [2.45, 2.75) is 51.2 Å². The molecule has 0 fully saturated rings. The Bertz CT molecular complexity index is 579. The monoisotopic (exact) mass is 339 g/mol. The first-order chi connectivity index (χ1) is 10.6. The number of carbonyl (C=O) groups excluding carboxylic acids is 2. The molecule has 0 aliphatic heterocycles. The minimum absolute atomic E-state index is 0.125. The summed E-state index contributed by atoms with van der Waals surface area (Å²) in [7, 11) is 1.36. The third-order valence-corrected chi connectivity index (χ3v) is 3.59. The van der Waals surface area contributed by atoms with Crippen LogP contribution >= 0.6 is 12.6 Å². The van der Waals surface area contributed by atoms with Gasteiger partial charge in [0.25, 0.3) is 0 Å². The lowest BCUT2D eigenvalue weighted by Gasteiger charge is -2.19. The number of benzene rings is 1. The SMILES string of the molecule is COC(=O)Cc1cc(S)c(C)c(CNCC(=O)OC(C)(C)C)c1. The Morgan fingerprint density at radius 1 is 1.22 bits per heavy atom. The van der Waals surface area contributed by atoms with Gasteiger partial charge in [0.1, 0.15) is 5.60 Å². The van der Waals surface area contributed by atoms with E-state index >= 15 is 0 Å². The van der Waals surface area contributed by atoms with Crippen LogP contribution in [0.5, 0.6) is 0 Å². The standard InChI is InChI=1S/C17H25NO4S/c1-11-13(9-18-10-16(20)22-17(2,3)4)6-12(7-14(11)23)8-15(19)21-5/h6-7,18,23H,8-10H2,1-5H3. The molecule has 23 heavy (non-hydrogen) atoms. The molecule has 0 heterocycles. The van der Waals surface area contributed by atoms with Crippen molar-refractivity contribution in [3.05, 3.63) is 28.8 Å². The molecule has 128 valence electrons. The molecule has 0 aliphatic carbocycles. The number of esters is 2. The van der Waals surface area contributed by atoms with Crippen molar-refractivity contribution in [3.63, 3.8) is 0 Å². The highest BCUT2D eigenvalue weighted by Gasteiger charge is 2.16. The lowest BCUT2D eigenvalue weighted by molar-refractivity contribution is -0.153. The predicted molar refractivity (Wildman–Crippen MR) is 91.7 cm³/mol. The molecule has 5 nitrogen and oxygen atoms in total. The Kier molecular flexibility index (Phi) is 7.09. The van der Waals surface area contributed by atoms with Gasteiger partial charge in [0.05, 0.1) is 20.1 Å². The lowest BCUT2D eigenvalue weighted by atomic mass is 10.0. The molecule has 0 aromatic heterocycles. The second kappa shape index (κ2) is 8.36. The number of carbonyl (C=O) groups is 2. The van der Waals surface area contributed by atoms with Crippen LogP contribution in [0.1, 0.15) is 37.5 Å². The summed E-state index contributed by atoms with van der Waals surface area (Å²) in [6, 6.07) is 3.78. The van der Waals surface area contributed by atoms with Gasteiger partial charge in [-0.1, -0.05) is 6.07 Å². The zero-order chi connectivity index (χ0) is 17.6. The van der Waals surface area contributed by atoms with Gasteiger partial charge in [0.15, 0.2) is 0 Å². The molecule has 0 bridgehead atoms. The first-order valence-electron chi connectivity index (χ1n) is 7.43. The van der Waals surface area contributed by atoms with Crippen LogP contribution in [-0.2, 0) is 32.0 Å². The van der Waals surface area contributed by atoms with Crippen LogP contribution in [0.25, 0.3) is 0 Å². The van der Waals surface area contributed by atoms with Gasteiger partial charge in [-0.05, 0) is 50.5 Å². The van der Waals surface area contributed by atoms with Gasteiger partial charge in [0, 0.05) is 11.4 Å². The number of ether oxygens (including phenoxy) is 2. The Morgan fingerprint density at radius 3 is 2.43 bits per heavy atom. The van der Waals surface area contributed by atoms with Crippen molar-refractivity contribution in [1.29, 1.82) is 0 Å². The molecule has 0 aliphatic rings. The maximum atomic E-state index is 11.7. The first-order valence-corrected chi connectivity index (χ1v) is 7.88. The van der Waals surface area contributed by atoms with E-state index in [1.165, 1.54) is 7.11 Å². The molecule has 6 heteroatoms. The van der Waals surface area contributed by atoms with Gasteiger partial charge in [-0.2, -0.15) is 0 Å². The Balaban J connectivity index is 2.69. The lowest BCUT2D eigenvalue weighted by Crippen LogP contribution is -2.31. The van der Waals surface area contributed by atoms with Gasteiger partial charge in [-0.25, -0.2) is 0 Å². The van der Waals surface area contributed by atoms with Crippen LogP contribution in [0.4, 0.5) is 0 Å². The summed E-state index contributed by atoms with van der Waals surface area (Å²) in [5.74, 6) is -0.596. The number of hydrogen-bond donors (Lipinski definition) is 2. The summed E-state index contributed by atoms with van der Waals surface area (Å²) in [5, 5.41) is 3.06. The fraction of sp³-hybridized carbons (Fsp3) is 0.529. The highest BCUT2D eigenvalue weighted by molar-refractivity contribution is 7.80. The van der Waals surface area contributed by atoms with E-state index in [9.17, 15) is 9.59 Å². The zero-order valence-electron chi connectivity index (χ0n) is 14.4. The van der Waals surface area contributed by atoms with Crippen LogP contribution in [0.15, 0.2) is 17.0 Å². The van der Waals surface area contributed by atoms with Crippen LogP contribution in [0.3, 0.4) is 0 Å². The summed E-state index contributed by atoms with van der Waals surface area (Å²) in [4.78, 5) is 23.9. The van der Waals surface area contributed by atoms with Gasteiger partial charge < -0.3 is 14.8 Å². The van der Waals surface area contributed by atoms with Crippen molar-refractivity contribution < 1.29 is 19.1 Å². The minimum Gasteiger partial charge on any atom is -0.469 e. The molecule has 0 atom stereocenters. The van der Waals surface area contributed by atoms with E-state index in [-0.39, 0.29) is 24.9 Å². The van der Waals surface area contributed by atoms with E-state index < -0.39 is 5.60 Å². The normalized spacial score (nSPS) is 11.2. The molecule has 0 unspecified atom stereocenters. The molecule has 0 spiro atoms. The summed E-state index contributed by atoms with van der Waals surface area (Å²) in [6.07, 6.45) is 0.198. The quantitative estimate of drug-likeness (QED) is 0.616. The number of thiol groups is 1. The fourth-order valence-corrected chi connectivity index (χ4v) is 2.33. The van der Waals surface area contributed by atoms with Gasteiger partial charge in [-0.15, -0.1) is 12.6 Å². The predicted octanol–water partition coefficient (Wildman–Crippen LogP) is 2.43. The molecular formula is C17H25NO4S. The second-order valence-electron chi connectivity index (χ2n) is 6.34. The van der Waals surface area contributed by atoms with E-state index in [4.69, 9.17) is 4.74 Å². The van der Waals surface area contributed by atoms with E-state index in [2.05, 4.69) is 22.7 Å². The van der Waals surface area contributed by atoms with Crippen LogP contribution < -0.4 is 5.32 Å². The third-order valence-electron chi connectivity index (χ3n) is 3.13. The molecule has 0 amide bonds. The maximum absolute atomic E-state index is 11.7. The highest BCUT2D eigenvalue weighted by atomic mass is 32.1. The number of nitrogens with one attached hydrogen (secondary N) is 1. The van der Waals surface area contributed by atoms with E-state index in [1.807, 2.05) is 39.8 Å². The van der Waals surface area contributed by atoms with Crippen molar-refractivity contribution in [3.8, 4) is 0 Å². The third kappa shape index (κ3) is 7.05.